The van der Waals surface area contributed by atoms with Crippen molar-refractivity contribution < 1.29 is 8.98 Å². The van der Waals surface area contributed by atoms with Crippen molar-refractivity contribution in [1.82, 2.24) is 9.13 Å². The lowest BCUT2D eigenvalue weighted by molar-refractivity contribution is 0.101. The van der Waals surface area contributed by atoms with Gasteiger partial charge in [0.15, 0.2) is 0 Å². The molecule has 0 bridgehead atoms. The van der Waals surface area contributed by atoms with Gasteiger partial charge in [0.25, 0.3) is 5.91 Å². The average Bonchev–Trinajstić information content (AvgIpc) is 3.32. The number of hydrogen-bond acceptors (Lipinski definition) is 4. The Bertz CT molecular complexity index is 1630. The number of rotatable bonds is 1. The number of para-hydroxylation sites is 2. The van der Waals surface area contributed by atoms with Crippen molar-refractivity contribution in [2.75, 3.05) is 0 Å². The second-order valence-electron chi connectivity index (χ2n) is 7.90. The fourth-order valence-electron chi connectivity index (χ4n) is 5.49. The van der Waals surface area contributed by atoms with Crippen LogP contribution in [0.5, 0.6) is 0 Å². The van der Waals surface area contributed by atoms with Crippen molar-refractivity contribution in [2.24, 2.45) is 10.7 Å². The van der Waals surface area contributed by atoms with E-state index in [1.807, 2.05) is 30.3 Å². The predicted octanol–water partition coefficient (Wildman–Crippen LogP) is 4.53. The molecule has 2 N–H and O–H groups in total. The highest BCUT2D eigenvalue weighted by molar-refractivity contribution is 7.75. The van der Waals surface area contributed by atoms with E-state index in [0.717, 1.165) is 62.1 Å². The molecule has 0 aliphatic carbocycles. The van der Waals surface area contributed by atoms with E-state index in [1.54, 1.807) is 0 Å². The summed E-state index contributed by atoms with van der Waals surface area (Å²) in [4.78, 5) is 17.2. The molecule has 1 unspecified atom stereocenters. The van der Waals surface area contributed by atoms with Crippen LogP contribution in [0.15, 0.2) is 53.5 Å². The van der Waals surface area contributed by atoms with Crippen molar-refractivity contribution in [3.63, 3.8) is 0 Å². The number of nitrogens with zero attached hydrogens (tertiary/aromatic N) is 3. The van der Waals surface area contributed by atoms with E-state index in [2.05, 4.69) is 45.2 Å². The predicted molar refractivity (Wildman–Crippen MR) is 121 cm³/mol. The summed E-state index contributed by atoms with van der Waals surface area (Å²) >= 11 is 4.20. The third kappa shape index (κ3) is 1.73. The van der Waals surface area contributed by atoms with Gasteiger partial charge in [0.05, 0.1) is 22.1 Å². The van der Waals surface area contributed by atoms with E-state index in [1.165, 1.54) is 0 Å². The van der Waals surface area contributed by atoms with Gasteiger partial charge in [0.1, 0.15) is 12.1 Å². The van der Waals surface area contributed by atoms with E-state index in [-0.39, 0.29) is 12.1 Å². The van der Waals surface area contributed by atoms with E-state index in [9.17, 15) is 4.79 Å². The number of aromatic nitrogens is 2. The first-order valence-electron chi connectivity index (χ1n) is 9.89. The van der Waals surface area contributed by atoms with Gasteiger partial charge in [-0.05, 0) is 25.0 Å². The number of amides is 1. The quantitative estimate of drug-likeness (QED) is 0.314. The molecule has 6 nitrogen and oxygen atoms in total. The summed E-state index contributed by atoms with van der Waals surface area (Å²) in [6.45, 7) is 0.768. The average molecular weight is 412 g/mol. The van der Waals surface area contributed by atoms with Crippen LogP contribution in [0, 0.1) is 0 Å². The molecule has 4 heterocycles. The van der Waals surface area contributed by atoms with Crippen molar-refractivity contribution in [3.05, 3.63) is 59.7 Å². The number of carbonyl (C=O) groups is 1. The molecule has 3 aromatic carbocycles. The number of aliphatic imine (C=N–C) groups is 1. The fraction of sp³-hybridized carbons (Fsp3) is 0.130. The molecular weight excluding hydrogens is 396 g/mol. The monoisotopic (exact) mass is 412 g/mol. The van der Waals surface area contributed by atoms with Gasteiger partial charge in [0, 0.05) is 45.6 Å². The number of fused-ring (bicyclic) bond motifs is 9. The standard InChI is InChI=1S/C23H16N4O2S/c24-22-18-16-11-5-1-3-7-13(11)26-10-9-15(29-30)27-14-8-4-2-6-12(14)17(21(27)20(16)26)19(18)23(28)25-22/h1-8,15,30H,9-10H2,(H2,24,25,28). The highest BCUT2D eigenvalue weighted by Crippen LogP contribution is 2.47. The van der Waals surface area contributed by atoms with Crippen LogP contribution in [0.4, 0.5) is 0 Å². The molecule has 7 rings (SSSR count). The number of nitrogens with two attached hydrogens (primary N) is 1. The largest absolute Gasteiger partial charge is 0.383 e. The molecular formula is C23H16N4O2S. The van der Waals surface area contributed by atoms with Gasteiger partial charge < -0.3 is 14.9 Å². The smallest absolute Gasteiger partial charge is 0.280 e. The van der Waals surface area contributed by atoms with Gasteiger partial charge in [-0.25, -0.2) is 0 Å². The second kappa shape index (κ2) is 5.44. The van der Waals surface area contributed by atoms with E-state index in [4.69, 9.17) is 9.92 Å². The van der Waals surface area contributed by atoms with E-state index < -0.39 is 0 Å². The number of thiol groups is 1. The summed E-state index contributed by atoms with van der Waals surface area (Å²) < 4.78 is 10.2. The molecule has 2 aliphatic rings. The summed E-state index contributed by atoms with van der Waals surface area (Å²) in [7, 11) is 0. The minimum Gasteiger partial charge on any atom is -0.383 e. The number of hydrogen-bond donors (Lipinski definition) is 2. The lowest BCUT2D eigenvalue weighted by Crippen LogP contribution is -2.11. The number of benzene rings is 3. The minimum atomic E-state index is -0.281. The molecule has 0 spiro atoms. The zero-order valence-corrected chi connectivity index (χ0v) is 16.7. The van der Waals surface area contributed by atoms with Gasteiger partial charge in [-0.15, -0.1) is 0 Å². The Morgan fingerprint density at radius 1 is 0.967 bits per heavy atom. The third-order valence-electron chi connectivity index (χ3n) is 6.56. The number of carbonyl (C=O) groups excluding carboxylic acids is 1. The number of amidine groups is 1. The molecule has 5 aromatic rings. The summed E-state index contributed by atoms with van der Waals surface area (Å²) in [5, 5.41) is 3.96. The van der Waals surface area contributed by atoms with Crippen LogP contribution in [0.3, 0.4) is 0 Å². The molecule has 30 heavy (non-hydrogen) atoms. The van der Waals surface area contributed by atoms with E-state index >= 15 is 0 Å². The first-order chi connectivity index (χ1) is 14.7. The molecule has 0 saturated heterocycles. The second-order valence-corrected chi connectivity index (χ2v) is 8.11. The summed E-state index contributed by atoms with van der Waals surface area (Å²) in [5.74, 6) is 0.0135. The Hall–Kier alpha value is -3.29. The van der Waals surface area contributed by atoms with Crippen molar-refractivity contribution in [2.45, 2.75) is 19.2 Å². The van der Waals surface area contributed by atoms with Gasteiger partial charge in [-0.3, -0.25) is 8.98 Å². The van der Waals surface area contributed by atoms with E-state index in [0.29, 0.717) is 11.4 Å². The molecule has 2 aromatic heterocycles. The zero-order chi connectivity index (χ0) is 20.1. The Morgan fingerprint density at radius 2 is 1.63 bits per heavy atom. The fourth-order valence-corrected chi connectivity index (χ4v) is 5.69. The molecule has 1 amide bonds. The highest BCUT2D eigenvalue weighted by Gasteiger charge is 2.35. The SMILES string of the molecule is NC1=NC(=O)c2c1c1c3ccccc3n3c1c1c2c2ccccc2n1C(OS)CC3. The number of aryl methyl sites for hydroxylation is 1. The molecule has 1 atom stereocenters. The zero-order valence-electron chi connectivity index (χ0n) is 15.8. The lowest BCUT2D eigenvalue weighted by Gasteiger charge is -2.17. The topological polar surface area (TPSA) is 74.5 Å². The molecule has 2 aliphatic heterocycles. The lowest BCUT2D eigenvalue weighted by atomic mass is 9.96. The van der Waals surface area contributed by atoms with Gasteiger partial charge in [-0.2, -0.15) is 4.99 Å². The van der Waals surface area contributed by atoms with Crippen molar-refractivity contribution in [3.8, 4) is 0 Å². The Kier molecular flexibility index (Phi) is 2.99. The third-order valence-corrected chi connectivity index (χ3v) is 6.80. The first kappa shape index (κ1) is 16.5. The van der Waals surface area contributed by atoms with Crippen LogP contribution in [0.2, 0.25) is 0 Å². The van der Waals surface area contributed by atoms with Crippen LogP contribution in [0.25, 0.3) is 43.6 Å². The minimum absolute atomic E-state index is 0.259. The Labute approximate surface area is 176 Å². The Morgan fingerprint density at radius 3 is 2.40 bits per heavy atom. The normalized spacial score (nSPS) is 18.1. The van der Waals surface area contributed by atoms with Gasteiger partial charge in [0.2, 0.25) is 0 Å². The van der Waals surface area contributed by atoms with Gasteiger partial charge >= 0.3 is 0 Å². The van der Waals surface area contributed by atoms with Gasteiger partial charge in [-0.1, -0.05) is 36.4 Å². The van der Waals surface area contributed by atoms with Crippen LogP contribution < -0.4 is 5.73 Å². The maximum absolute atomic E-state index is 13.1. The molecule has 0 fully saturated rings. The molecule has 146 valence electrons. The van der Waals surface area contributed by atoms with Crippen molar-refractivity contribution >= 4 is 68.3 Å². The molecule has 0 saturated carbocycles. The maximum atomic E-state index is 13.1. The first-order valence-corrected chi connectivity index (χ1v) is 10.3. The highest BCUT2D eigenvalue weighted by atomic mass is 32.1. The maximum Gasteiger partial charge on any atom is 0.280 e. The molecule has 7 heteroatoms. The summed E-state index contributed by atoms with van der Waals surface area (Å²) in [6, 6.07) is 16.4. The van der Waals surface area contributed by atoms with Crippen LogP contribution >= 0.6 is 12.9 Å². The molecule has 0 radical (unpaired) electrons. The Balaban J connectivity index is 1.91. The van der Waals surface area contributed by atoms with Crippen molar-refractivity contribution in [1.29, 1.82) is 0 Å². The summed E-state index contributed by atoms with van der Waals surface area (Å²) in [6.07, 6.45) is 0.493. The summed E-state index contributed by atoms with van der Waals surface area (Å²) in [5.41, 5.74) is 11.9. The van der Waals surface area contributed by atoms with Crippen LogP contribution in [0.1, 0.15) is 28.6 Å². The van der Waals surface area contributed by atoms with Crippen LogP contribution in [-0.4, -0.2) is 20.9 Å². The van der Waals surface area contributed by atoms with Crippen LogP contribution in [-0.2, 0) is 10.7 Å².